The van der Waals surface area contributed by atoms with Gasteiger partial charge in [0.25, 0.3) is 0 Å². The summed E-state index contributed by atoms with van der Waals surface area (Å²) in [7, 11) is 0. The standard InChI is InChI=1S/C13H26O/c1-3-5-9-13(14)10-6-7-12(4-2)8-11-13/h12,14H,3-11H2,1-2H3. The first kappa shape index (κ1) is 12.0. The van der Waals surface area contributed by atoms with Crippen LogP contribution in [0.15, 0.2) is 0 Å². The van der Waals surface area contributed by atoms with E-state index in [1.54, 1.807) is 0 Å². The molecule has 0 spiro atoms. The number of rotatable bonds is 4. The Morgan fingerprint density at radius 1 is 1.21 bits per heavy atom. The molecule has 2 atom stereocenters. The Labute approximate surface area is 88.9 Å². The van der Waals surface area contributed by atoms with Gasteiger partial charge in [0.1, 0.15) is 0 Å². The van der Waals surface area contributed by atoms with Crippen LogP contribution in [0.25, 0.3) is 0 Å². The van der Waals surface area contributed by atoms with E-state index in [0.717, 1.165) is 25.2 Å². The van der Waals surface area contributed by atoms with Crippen molar-refractivity contribution in [2.24, 2.45) is 5.92 Å². The van der Waals surface area contributed by atoms with Gasteiger partial charge in [-0.05, 0) is 31.6 Å². The van der Waals surface area contributed by atoms with Crippen LogP contribution >= 0.6 is 0 Å². The highest BCUT2D eigenvalue weighted by Gasteiger charge is 2.29. The van der Waals surface area contributed by atoms with Gasteiger partial charge in [-0.1, -0.05) is 46.0 Å². The molecule has 1 rings (SSSR count). The summed E-state index contributed by atoms with van der Waals surface area (Å²) < 4.78 is 0. The SMILES string of the molecule is CCCCC1(O)CCCC(CC)CC1. The molecular formula is C13H26O. The zero-order chi connectivity index (χ0) is 10.4. The first-order chi connectivity index (χ1) is 6.70. The highest BCUT2D eigenvalue weighted by Crippen LogP contribution is 2.34. The van der Waals surface area contributed by atoms with Crippen LogP contribution in [0.3, 0.4) is 0 Å². The average Bonchev–Trinajstić information content (AvgIpc) is 2.38. The van der Waals surface area contributed by atoms with Crippen molar-refractivity contribution in [1.29, 1.82) is 0 Å². The van der Waals surface area contributed by atoms with Crippen molar-refractivity contribution < 1.29 is 5.11 Å². The number of hydrogen-bond donors (Lipinski definition) is 1. The van der Waals surface area contributed by atoms with Crippen LogP contribution in [0.4, 0.5) is 0 Å². The molecule has 0 amide bonds. The van der Waals surface area contributed by atoms with Crippen LogP contribution in [0.1, 0.15) is 71.6 Å². The third-order valence-corrected chi connectivity index (χ3v) is 3.85. The second-order valence-corrected chi connectivity index (χ2v) is 5.03. The van der Waals surface area contributed by atoms with E-state index in [-0.39, 0.29) is 5.60 Å². The van der Waals surface area contributed by atoms with Gasteiger partial charge in [0.05, 0.1) is 5.60 Å². The molecule has 0 aromatic carbocycles. The van der Waals surface area contributed by atoms with E-state index in [4.69, 9.17) is 0 Å². The second kappa shape index (κ2) is 5.75. The smallest absolute Gasteiger partial charge is 0.0648 e. The summed E-state index contributed by atoms with van der Waals surface area (Å²) in [6.07, 6.45) is 10.6. The molecule has 14 heavy (non-hydrogen) atoms. The first-order valence-corrected chi connectivity index (χ1v) is 6.42. The normalized spacial score (nSPS) is 34.1. The van der Waals surface area contributed by atoms with Crippen LogP contribution in [0.2, 0.25) is 0 Å². The van der Waals surface area contributed by atoms with Crippen LogP contribution < -0.4 is 0 Å². The van der Waals surface area contributed by atoms with Gasteiger partial charge in [0.2, 0.25) is 0 Å². The summed E-state index contributed by atoms with van der Waals surface area (Å²) in [5, 5.41) is 10.4. The molecule has 0 radical (unpaired) electrons. The topological polar surface area (TPSA) is 20.2 Å². The largest absolute Gasteiger partial charge is 0.390 e. The van der Waals surface area contributed by atoms with Gasteiger partial charge in [-0.25, -0.2) is 0 Å². The predicted molar refractivity (Wildman–Crippen MR) is 61.3 cm³/mol. The maximum Gasteiger partial charge on any atom is 0.0648 e. The summed E-state index contributed by atoms with van der Waals surface area (Å²) in [6.45, 7) is 4.48. The molecule has 1 aliphatic rings. The maximum atomic E-state index is 10.4. The van der Waals surface area contributed by atoms with Gasteiger partial charge in [0.15, 0.2) is 0 Å². The Morgan fingerprint density at radius 2 is 2.00 bits per heavy atom. The molecule has 2 unspecified atom stereocenters. The quantitative estimate of drug-likeness (QED) is 0.679. The number of hydrogen-bond acceptors (Lipinski definition) is 1. The van der Waals surface area contributed by atoms with Gasteiger partial charge >= 0.3 is 0 Å². The molecule has 0 heterocycles. The van der Waals surface area contributed by atoms with Crippen LogP contribution in [-0.4, -0.2) is 10.7 Å². The Kier molecular flexibility index (Phi) is 4.94. The fourth-order valence-corrected chi connectivity index (χ4v) is 2.63. The molecule has 0 bridgehead atoms. The van der Waals surface area contributed by atoms with Gasteiger partial charge < -0.3 is 5.11 Å². The molecule has 0 saturated heterocycles. The van der Waals surface area contributed by atoms with Crippen molar-refractivity contribution in [2.75, 3.05) is 0 Å². The molecular weight excluding hydrogens is 172 g/mol. The third-order valence-electron chi connectivity index (χ3n) is 3.85. The lowest BCUT2D eigenvalue weighted by atomic mass is 9.88. The zero-order valence-corrected chi connectivity index (χ0v) is 9.89. The molecule has 1 fully saturated rings. The lowest BCUT2D eigenvalue weighted by Gasteiger charge is -2.26. The van der Waals surface area contributed by atoms with E-state index in [1.807, 2.05) is 0 Å². The van der Waals surface area contributed by atoms with Crippen LogP contribution in [0.5, 0.6) is 0 Å². The van der Waals surface area contributed by atoms with Gasteiger partial charge in [-0.15, -0.1) is 0 Å². The summed E-state index contributed by atoms with van der Waals surface area (Å²) >= 11 is 0. The Morgan fingerprint density at radius 3 is 2.64 bits per heavy atom. The lowest BCUT2D eigenvalue weighted by molar-refractivity contribution is 0.0134. The molecule has 0 aliphatic heterocycles. The van der Waals surface area contributed by atoms with Crippen LogP contribution in [0, 0.1) is 5.92 Å². The zero-order valence-electron chi connectivity index (χ0n) is 9.89. The Balaban J connectivity index is 2.38. The van der Waals surface area contributed by atoms with Gasteiger partial charge in [-0.2, -0.15) is 0 Å². The predicted octanol–water partition coefficient (Wildman–Crippen LogP) is 3.90. The Hall–Kier alpha value is -0.0400. The molecule has 1 saturated carbocycles. The summed E-state index contributed by atoms with van der Waals surface area (Å²) in [4.78, 5) is 0. The second-order valence-electron chi connectivity index (χ2n) is 5.03. The minimum atomic E-state index is -0.306. The number of unbranched alkanes of at least 4 members (excludes halogenated alkanes) is 1. The monoisotopic (exact) mass is 198 g/mol. The third kappa shape index (κ3) is 3.61. The van der Waals surface area contributed by atoms with Crippen molar-refractivity contribution >= 4 is 0 Å². The molecule has 84 valence electrons. The first-order valence-electron chi connectivity index (χ1n) is 6.42. The van der Waals surface area contributed by atoms with Crippen molar-refractivity contribution in [3.8, 4) is 0 Å². The van der Waals surface area contributed by atoms with E-state index >= 15 is 0 Å². The number of aliphatic hydroxyl groups is 1. The molecule has 0 aromatic rings. The summed E-state index contributed by atoms with van der Waals surface area (Å²) in [5.74, 6) is 0.880. The van der Waals surface area contributed by atoms with Crippen molar-refractivity contribution in [2.45, 2.75) is 77.2 Å². The van der Waals surface area contributed by atoms with Crippen molar-refractivity contribution in [1.82, 2.24) is 0 Å². The Bertz CT molecular complexity index is 155. The fraction of sp³-hybridized carbons (Fsp3) is 1.00. The summed E-state index contributed by atoms with van der Waals surface area (Å²) in [5.41, 5.74) is -0.306. The molecule has 1 aliphatic carbocycles. The lowest BCUT2D eigenvalue weighted by Crippen LogP contribution is -2.27. The highest BCUT2D eigenvalue weighted by molar-refractivity contribution is 4.82. The van der Waals surface area contributed by atoms with E-state index in [9.17, 15) is 5.11 Å². The molecule has 1 N–H and O–H groups in total. The van der Waals surface area contributed by atoms with Crippen LogP contribution in [-0.2, 0) is 0 Å². The maximum absolute atomic E-state index is 10.4. The van der Waals surface area contributed by atoms with Crippen molar-refractivity contribution in [3.05, 3.63) is 0 Å². The molecule has 1 nitrogen and oxygen atoms in total. The minimum absolute atomic E-state index is 0.306. The van der Waals surface area contributed by atoms with E-state index < -0.39 is 0 Å². The van der Waals surface area contributed by atoms with E-state index in [1.165, 1.54) is 38.5 Å². The van der Waals surface area contributed by atoms with E-state index in [2.05, 4.69) is 13.8 Å². The van der Waals surface area contributed by atoms with Gasteiger partial charge in [-0.3, -0.25) is 0 Å². The molecule has 0 aromatic heterocycles. The van der Waals surface area contributed by atoms with Crippen molar-refractivity contribution in [3.63, 3.8) is 0 Å². The fourth-order valence-electron chi connectivity index (χ4n) is 2.63. The summed E-state index contributed by atoms with van der Waals surface area (Å²) in [6, 6.07) is 0. The molecule has 1 heteroatoms. The average molecular weight is 198 g/mol. The van der Waals surface area contributed by atoms with E-state index in [0.29, 0.717) is 0 Å². The minimum Gasteiger partial charge on any atom is -0.390 e. The van der Waals surface area contributed by atoms with Gasteiger partial charge in [0, 0.05) is 0 Å². The highest BCUT2D eigenvalue weighted by atomic mass is 16.3.